The van der Waals surface area contributed by atoms with E-state index in [1.807, 2.05) is 0 Å². The molecule has 2 fully saturated rings. The molecule has 6 nitrogen and oxygen atoms in total. The Morgan fingerprint density at radius 2 is 1.17 bits per heavy atom. The van der Waals surface area contributed by atoms with E-state index in [0.29, 0.717) is 30.8 Å². The molecule has 186 valence electrons. The fraction of sp³-hybridized carbons (Fsp3) is 0.286. The minimum absolute atomic E-state index is 0.0515. The van der Waals surface area contributed by atoms with Crippen LogP contribution in [-0.2, 0) is 9.47 Å². The van der Waals surface area contributed by atoms with E-state index in [-0.39, 0.29) is 47.7 Å². The molecular weight excluding hydrogens is 466 g/mol. The Morgan fingerprint density at radius 1 is 0.694 bits per heavy atom. The Kier molecular flexibility index (Phi) is 6.91. The highest BCUT2D eigenvalue weighted by atomic mass is 19.1. The van der Waals surface area contributed by atoms with Gasteiger partial charge in [-0.1, -0.05) is 36.4 Å². The molecule has 3 heterocycles. The third-order valence-corrected chi connectivity index (χ3v) is 6.68. The number of amides is 2. The second-order valence-corrected chi connectivity index (χ2v) is 9.16. The number of fused-ring (bicyclic) bond motifs is 1. The molecule has 4 unspecified atom stereocenters. The van der Waals surface area contributed by atoms with Crippen molar-refractivity contribution in [1.82, 2.24) is 4.90 Å². The zero-order valence-corrected chi connectivity index (χ0v) is 19.5. The van der Waals surface area contributed by atoms with Crippen LogP contribution in [0.15, 0.2) is 72.8 Å². The van der Waals surface area contributed by atoms with E-state index in [4.69, 9.17) is 15.2 Å². The molecule has 36 heavy (non-hydrogen) atoms. The Hall–Kier alpha value is -3.46. The van der Waals surface area contributed by atoms with E-state index in [1.165, 1.54) is 29.2 Å². The Balaban J connectivity index is 0.000000174. The molecule has 3 aromatic rings. The smallest absolute Gasteiger partial charge is 0.261 e. The molecule has 3 aliphatic heterocycles. The molecule has 0 bridgehead atoms. The lowest BCUT2D eigenvalue weighted by atomic mass is 10.0. The van der Waals surface area contributed by atoms with E-state index in [0.717, 1.165) is 17.5 Å². The van der Waals surface area contributed by atoms with Gasteiger partial charge in [0.15, 0.2) is 0 Å². The second kappa shape index (κ2) is 10.3. The minimum atomic E-state index is -0.302. The predicted octanol–water partition coefficient (Wildman–Crippen LogP) is 4.57. The molecule has 6 rings (SSSR count). The summed E-state index contributed by atoms with van der Waals surface area (Å²) in [5, 5.41) is 0. The van der Waals surface area contributed by atoms with Crippen LogP contribution in [0.25, 0.3) is 0 Å². The molecule has 2 saturated heterocycles. The zero-order valence-electron chi connectivity index (χ0n) is 19.5. The molecule has 0 aromatic heterocycles. The lowest BCUT2D eigenvalue weighted by molar-refractivity contribution is 0.0551. The third kappa shape index (κ3) is 4.93. The van der Waals surface area contributed by atoms with Gasteiger partial charge in [0.1, 0.15) is 11.6 Å². The third-order valence-electron chi connectivity index (χ3n) is 6.68. The number of carbonyl (C=O) groups excluding carboxylic acids is 2. The van der Waals surface area contributed by atoms with Gasteiger partial charge in [0.05, 0.1) is 42.6 Å². The highest BCUT2D eigenvalue weighted by molar-refractivity contribution is 6.21. The highest BCUT2D eigenvalue weighted by Gasteiger charge is 2.43. The standard InChI is InChI=1S/C18H14FNO3.C10H12FNO/c19-12-7-5-11(6-8-12)16-9-13(10-23-16)20-17(21)14-3-1-2-4-15(14)18(20)22;11-8-3-1-7(2-4-8)10-5-9(12)6-13-10/h1-8,13,16H,9-10H2;1-4,9-10H,5-6,12H2. The first-order valence-electron chi connectivity index (χ1n) is 11.9. The van der Waals surface area contributed by atoms with Crippen LogP contribution < -0.4 is 5.73 Å². The van der Waals surface area contributed by atoms with Crippen LogP contribution >= 0.6 is 0 Å². The van der Waals surface area contributed by atoms with Crippen molar-refractivity contribution >= 4 is 11.8 Å². The number of carbonyl (C=O) groups is 2. The number of benzene rings is 3. The van der Waals surface area contributed by atoms with Crippen LogP contribution in [0.1, 0.15) is 56.9 Å². The predicted molar refractivity (Wildman–Crippen MR) is 128 cm³/mol. The van der Waals surface area contributed by atoms with Crippen molar-refractivity contribution in [1.29, 1.82) is 0 Å². The van der Waals surface area contributed by atoms with E-state index in [2.05, 4.69) is 0 Å². The van der Waals surface area contributed by atoms with Crippen LogP contribution in [0.3, 0.4) is 0 Å². The summed E-state index contributed by atoms with van der Waals surface area (Å²) in [4.78, 5) is 26.3. The summed E-state index contributed by atoms with van der Waals surface area (Å²) >= 11 is 0. The maximum Gasteiger partial charge on any atom is 0.261 e. The first-order valence-corrected chi connectivity index (χ1v) is 11.9. The number of rotatable bonds is 3. The Labute approximate surface area is 207 Å². The Bertz CT molecular complexity index is 1210. The van der Waals surface area contributed by atoms with Crippen molar-refractivity contribution in [3.63, 3.8) is 0 Å². The topological polar surface area (TPSA) is 81.9 Å². The molecule has 3 aromatic carbocycles. The molecule has 0 aliphatic carbocycles. The molecule has 8 heteroatoms. The number of nitrogens with two attached hydrogens (primary N) is 1. The average Bonchev–Trinajstić information content (AvgIpc) is 3.60. The average molecular weight is 493 g/mol. The van der Waals surface area contributed by atoms with Gasteiger partial charge in [-0.05, 0) is 53.9 Å². The van der Waals surface area contributed by atoms with Gasteiger partial charge < -0.3 is 15.2 Å². The first kappa shape index (κ1) is 24.2. The van der Waals surface area contributed by atoms with Crippen LogP contribution in [0, 0.1) is 11.6 Å². The number of ether oxygens (including phenoxy) is 2. The maximum absolute atomic E-state index is 13.0. The summed E-state index contributed by atoms with van der Waals surface area (Å²) in [5.41, 5.74) is 8.45. The normalized spacial score (nSPS) is 25.0. The summed E-state index contributed by atoms with van der Waals surface area (Å²) in [6.45, 7) is 0.898. The van der Waals surface area contributed by atoms with E-state index < -0.39 is 0 Å². The summed E-state index contributed by atoms with van der Waals surface area (Å²) in [6.07, 6.45) is 1.17. The van der Waals surface area contributed by atoms with Crippen LogP contribution in [0.4, 0.5) is 8.78 Å². The molecule has 0 saturated carbocycles. The summed E-state index contributed by atoms with van der Waals surface area (Å²) < 4.78 is 36.8. The van der Waals surface area contributed by atoms with Gasteiger partial charge in [-0.15, -0.1) is 0 Å². The minimum Gasteiger partial charge on any atom is -0.372 e. The number of imide groups is 1. The Morgan fingerprint density at radius 3 is 1.64 bits per heavy atom. The largest absolute Gasteiger partial charge is 0.372 e. The van der Waals surface area contributed by atoms with Crippen molar-refractivity contribution in [3.05, 3.63) is 107 Å². The second-order valence-electron chi connectivity index (χ2n) is 9.16. The van der Waals surface area contributed by atoms with Crippen molar-refractivity contribution < 1.29 is 27.8 Å². The highest BCUT2D eigenvalue weighted by Crippen LogP contribution is 2.35. The van der Waals surface area contributed by atoms with Crippen molar-refractivity contribution in [3.8, 4) is 0 Å². The number of hydrogen-bond donors (Lipinski definition) is 1. The van der Waals surface area contributed by atoms with Gasteiger partial charge in [0, 0.05) is 12.5 Å². The number of hydrogen-bond acceptors (Lipinski definition) is 5. The monoisotopic (exact) mass is 492 g/mol. The zero-order chi connectivity index (χ0) is 25.2. The van der Waals surface area contributed by atoms with Crippen LogP contribution in [-0.4, -0.2) is 42.0 Å². The maximum atomic E-state index is 13.0. The fourth-order valence-electron chi connectivity index (χ4n) is 4.80. The first-order chi connectivity index (χ1) is 17.4. The van der Waals surface area contributed by atoms with Gasteiger partial charge in [0.25, 0.3) is 11.8 Å². The summed E-state index contributed by atoms with van der Waals surface area (Å²) in [7, 11) is 0. The molecule has 3 aliphatic rings. The molecule has 2 N–H and O–H groups in total. The fourth-order valence-corrected chi connectivity index (χ4v) is 4.80. The molecule has 2 amide bonds. The van der Waals surface area contributed by atoms with Crippen LogP contribution in [0.5, 0.6) is 0 Å². The number of halogens is 2. The summed E-state index contributed by atoms with van der Waals surface area (Å²) in [5.74, 6) is -1.05. The van der Waals surface area contributed by atoms with Gasteiger partial charge >= 0.3 is 0 Å². The van der Waals surface area contributed by atoms with Crippen molar-refractivity contribution in [2.75, 3.05) is 13.2 Å². The molecule has 4 atom stereocenters. The van der Waals surface area contributed by atoms with E-state index in [1.54, 1.807) is 48.5 Å². The van der Waals surface area contributed by atoms with E-state index in [9.17, 15) is 18.4 Å². The number of nitrogens with zero attached hydrogens (tertiary/aromatic N) is 1. The lowest BCUT2D eigenvalue weighted by Gasteiger charge is -2.20. The van der Waals surface area contributed by atoms with Crippen LogP contribution in [0.2, 0.25) is 0 Å². The lowest BCUT2D eigenvalue weighted by Crippen LogP contribution is -2.40. The molecule has 0 radical (unpaired) electrons. The summed E-state index contributed by atoms with van der Waals surface area (Å²) in [6, 6.07) is 19.2. The van der Waals surface area contributed by atoms with E-state index >= 15 is 0 Å². The van der Waals surface area contributed by atoms with Crippen molar-refractivity contribution in [2.24, 2.45) is 5.73 Å². The van der Waals surface area contributed by atoms with Gasteiger partial charge in [-0.2, -0.15) is 0 Å². The molecular formula is C28H26F2N2O4. The quantitative estimate of drug-likeness (QED) is 0.542. The SMILES string of the molecule is NC1COC(c2ccc(F)cc2)C1.O=C1c2ccccc2C(=O)N1C1COC(c2ccc(F)cc2)C1. The van der Waals surface area contributed by atoms with Gasteiger partial charge in [-0.25, -0.2) is 8.78 Å². The van der Waals surface area contributed by atoms with Crippen molar-refractivity contribution in [2.45, 2.75) is 37.1 Å². The van der Waals surface area contributed by atoms with Gasteiger partial charge in [0.2, 0.25) is 0 Å². The van der Waals surface area contributed by atoms with Gasteiger partial charge in [-0.3, -0.25) is 14.5 Å². The molecule has 0 spiro atoms.